The van der Waals surface area contributed by atoms with Crippen molar-refractivity contribution in [2.75, 3.05) is 13.7 Å². The fraction of sp³-hybridized carbons (Fsp3) is 0.333. The van der Waals surface area contributed by atoms with Crippen LogP contribution in [0.3, 0.4) is 0 Å². The third-order valence-corrected chi connectivity index (χ3v) is 6.25. The van der Waals surface area contributed by atoms with Crippen molar-refractivity contribution in [2.45, 2.75) is 38.6 Å². The maximum atomic E-state index is 9.36. The first-order valence-corrected chi connectivity index (χ1v) is 11.4. The van der Waals surface area contributed by atoms with E-state index in [1.165, 1.54) is 0 Å². The van der Waals surface area contributed by atoms with Crippen molar-refractivity contribution in [1.82, 2.24) is 34.2 Å². The number of benzene rings is 1. The Hall–Kier alpha value is -3.76. The minimum Gasteiger partial charge on any atom is -0.496 e. The van der Waals surface area contributed by atoms with Crippen molar-refractivity contribution in [2.24, 2.45) is 0 Å². The number of aromatic nitrogens is 7. The molecule has 0 saturated carbocycles. The van der Waals surface area contributed by atoms with Gasteiger partial charge in [-0.1, -0.05) is 11.3 Å². The minimum absolute atomic E-state index is 0.00722. The molecule has 10 heteroatoms. The van der Waals surface area contributed by atoms with Crippen LogP contribution in [0.4, 0.5) is 0 Å². The first kappa shape index (κ1) is 20.8. The minimum atomic E-state index is -0.0513. The molecule has 5 heterocycles. The van der Waals surface area contributed by atoms with Gasteiger partial charge in [0, 0.05) is 24.4 Å². The molecule has 5 aromatic rings. The van der Waals surface area contributed by atoms with E-state index in [-0.39, 0.29) is 12.8 Å². The number of hydrogen-bond donors (Lipinski definition) is 1. The molecule has 0 amide bonds. The maximum Gasteiger partial charge on any atom is 0.150 e. The highest BCUT2D eigenvalue weighted by molar-refractivity contribution is 5.97. The molecular weight excluding hydrogens is 434 g/mol. The van der Waals surface area contributed by atoms with Gasteiger partial charge in [-0.25, -0.2) is 14.3 Å². The number of aliphatic hydroxyl groups is 1. The second kappa shape index (κ2) is 8.54. The molecule has 10 nitrogen and oxygen atoms in total. The molecule has 1 aromatic carbocycles. The van der Waals surface area contributed by atoms with Gasteiger partial charge < -0.3 is 19.0 Å². The quantitative estimate of drug-likeness (QED) is 0.416. The molecule has 0 aliphatic carbocycles. The Labute approximate surface area is 195 Å². The molecule has 1 aliphatic rings. The second-order valence-corrected chi connectivity index (χ2v) is 8.48. The topological polar surface area (TPSA) is 105 Å². The van der Waals surface area contributed by atoms with Gasteiger partial charge in [-0.3, -0.25) is 0 Å². The van der Waals surface area contributed by atoms with Gasteiger partial charge in [0.2, 0.25) is 0 Å². The van der Waals surface area contributed by atoms with Gasteiger partial charge in [-0.05, 0) is 43.0 Å². The van der Waals surface area contributed by atoms with Crippen molar-refractivity contribution < 1.29 is 14.6 Å². The van der Waals surface area contributed by atoms with Gasteiger partial charge in [-0.2, -0.15) is 5.10 Å². The van der Waals surface area contributed by atoms with Crippen LogP contribution >= 0.6 is 0 Å². The largest absolute Gasteiger partial charge is 0.496 e. The lowest BCUT2D eigenvalue weighted by atomic mass is 10.1. The van der Waals surface area contributed by atoms with Crippen LogP contribution in [0.1, 0.15) is 36.7 Å². The first-order chi connectivity index (χ1) is 16.7. The molecular formula is C24H25N7O3. The van der Waals surface area contributed by atoms with Crippen molar-refractivity contribution in [3.05, 3.63) is 60.3 Å². The number of ether oxygens (including phenoxy) is 2. The number of hydrogen-bond acceptors (Lipinski definition) is 7. The molecule has 1 N–H and O–H groups in total. The van der Waals surface area contributed by atoms with Crippen molar-refractivity contribution in [1.29, 1.82) is 0 Å². The van der Waals surface area contributed by atoms with E-state index in [0.29, 0.717) is 18.0 Å². The van der Waals surface area contributed by atoms with E-state index in [0.717, 1.165) is 59.2 Å². The van der Waals surface area contributed by atoms with Gasteiger partial charge in [0.15, 0.2) is 6.23 Å². The summed E-state index contributed by atoms with van der Waals surface area (Å²) in [5.41, 5.74) is 5.04. The Morgan fingerprint density at radius 2 is 2.09 bits per heavy atom. The molecule has 4 aromatic heterocycles. The van der Waals surface area contributed by atoms with Crippen molar-refractivity contribution in [3.8, 4) is 17.0 Å². The summed E-state index contributed by atoms with van der Waals surface area (Å²) in [7, 11) is 1.65. The Kier molecular flexibility index (Phi) is 5.23. The summed E-state index contributed by atoms with van der Waals surface area (Å²) in [6.07, 6.45) is 10.7. The third kappa shape index (κ3) is 3.61. The number of methoxy groups -OCH3 is 1. The third-order valence-electron chi connectivity index (χ3n) is 6.25. The van der Waals surface area contributed by atoms with E-state index in [2.05, 4.69) is 20.4 Å². The Balaban J connectivity index is 1.34. The first-order valence-electron chi connectivity index (χ1n) is 11.4. The number of rotatable bonds is 6. The highest BCUT2D eigenvalue weighted by Crippen LogP contribution is 2.37. The molecule has 0 bridgehead atoms. The van der Waals surface area contributed by atoms with Crippen LogP contribution < -0.4 is 4.74 Å². The summed E-state index contributed by atoms with van der Waals surface area (Å²) >= 11 is 0. The predicted molar refractivity (Wildman–Crippen MR) is 124 cm³/mol. The highest BCUT2D eigenvalue weighted by atomic mass is 16.5. The molecule has 34 heavy (non-hydrogen) atoms. The summed E-state index contributed by atoms with van der Waals surface area (Å²) in [5.74, 6) is 0.716. The number of aliphatic hydroxyl groups excluding tert-OH is 1. The smallest absolute Gasteiger partial charge is 0.150 e. The standard InChI is InChI=1S/C24H25N7O3/c1-33-21-7-6-20-18(10-25-31(20)23-4-2-3-9-34-23)24(21)19-14-30(28-27-19)13-17-12-29-11-16(15-32)5-8-22(29)26-17/h5-8,10-12,14,23,32H,2-4,9,13,15H2,1H3. The molecule has 6 rings (SSSR count). The van der Waals surface area contributed by atoms with Gasteiger partial charge in [0.05, 0.1) is 49.4 Å². The fourth-order valence-electron chi connectivity index (χ4n) is 4.60. The summed E-state index contributed by atoms with van der Waals surface area (Å²) < 4.78 is 17.3. The van der Waals surface area contributed by atoms with Crippen molar-refractivity contribution >= 4 is 16.6 Å². The Morgan fingerprint density at radius 1 is 1.15 bits per heavy atom. The highest BCUT2D eigenvalue weighted by Gasteiger charge is 2.22. The van der Waals surface area contributed by atoms with Gasteiger partial charge in [0.1, 0.15) is 17.1 Å². The van der Waals surface area contributed by atoms with E-state index >= 15 is 0 Å². The molecule has 0 spiro atoms. The SMILES string of the molecule is COc1ccc2c(cnn2C2CCCCO2)c1-c1cn(Cc2cn3cc(CO)ccc3n2)nn1. The molecule has 0 radical (unpaired) electrons. The van der Waals surface area contributed by atoms with E-state index in [1.807, 2.05) is 58.1 Å². The summed E-state index contributed by atoms with van der Waals surface area (Å²) in [6.45, 7) is 1.22. The molecule has 1 fully saturated rings. The molecule has 1 aliphatic heterocycles. The van der Waals surface area contributed by atoms with Gasteiger partial charge in [-0.15, -0.1) is 5.10 Å². The van der Waals surface area contributed by atoms with E-state index in [4.69, 9.17) is 9.47 Å². The zero-order valence-corrected chi connectivity index (χ0v) is 18.8. The van der Waals surface area contributed by atoms with E-state index < -0.39 is 0 Å². The zero-order chi connectivity index (χ0) is 23.1. The van der Waals surface area contributed by atoms with Crippen LogP contribution in [0.2, 0.25) is 0 Å². The average molecular weight is 460 g/mol. The number of fused-ring (bicyclic) bond motifs is 2. The van der Waals surface area contributed by atoms with Crippen LogP contribution in [0, 0.1) is 0 Å². The maximum absolute atomic E-state index is 9.36. The fourth-order valence-corrected chi connectivity index (χ4v) is 4.60. The Bertz CT molecular complexity index is 1460. The normalized spacial score (nSPS) is 16.5. The van der Waals surface area contributed by atoms with Gasteiger partial charge >= 0.3 is 0 Å². The van der Waals surface area contributed by atoms with Crippen LogP contribution in [0.15, 0.2) is 49.1 Å². The van der Waals surface area contributed by atoms with Crippen LogP contribution in [0.25, 0.3) is 27.8 Å². The molecule has 174 valence electrons. The van der Waals surface area contributed by atoms with Crippen LogP contribution in [-0.2, 0) is 17.9 Å². The lowest BCUT2D eigenvalue weighted by molar-refractivity contribution is -0.0366. The monoisotopic (exact) mass is 459 g/mol. The zero-order valence-electron chi connectivity index (χ0n) is 18.8. The predicted octanol–water partition coefficient (Wildman–Crippen LogP) is 3.19. The van der Waals surface area contributed by atoms with Crippen molar-refractivity contribution in [3.63, 3.8) is 0 Å². The average Bonchev–Trinajstić information content (AvgIpc) is 3.61. The summed E-state index contributed by atoms with van der Waals surface area (Å²) in [6, 6.07) is 7.72. The van der Waals surface area contributed by atoms with E-state index in [9.17, 15) is 5.11 Å². The van der Waals surface area contributed by atoms with E-state index in [1.54, 1.807) is 11.8 Å². The Morgan fingerprint density at radius 3 is 2.91 bits per heavy atom. The molecule has 1 atom stereocenters. The molecule has 1 saturated heterocycles. The second-order valence-electron chi connectivity index (χ2n) is 8.48. The number of nitrogens with zero attached hydrogens (tertiary/aromatic N) is 7. The number of pyridine rings is 1. The van der Waals surface area contributed by atoms with Crippen LogP contribution in [0.5, 0.6) is 5.75 Å². The van der Waals surface area contributed by atoms with Gasteiger partial charge in [0.25, 0.3) is 0 Å². The summed E-state index contributed by atoms with van der Waals surface area (Å²) in [4.78, 5) is 4.64. The van der Waals surface area contributed by atoms with Crippen LogP contribution in [-0.4, -0.2) is 53.0 Å². The lowest BCUT2D eigenvalue weighted by Crippen LogP contribution is -2.18. The summed E-state index contributed by atoms with van der Waals surface area (Å²) in [5, 5.41) is 23.7. The lowest BCUT2D eigenvalue weighted by Gasteiger charge is -2.23. The number of imidazole rings is 1. The molecule has 1 unspecified atom stereocenters.